The fraction of sp³-hybridized carbons (Fsp3) is 0.769. The first-order chi connectivity index (χ1) is 8.30. The first kappa shape index (κ1) is 12.8. The van der Waals surface area contributed by atoms with E-state index in [-0.39, 0.29) is 6.61 Å². The zero-order valence-corrected chi connectivity index (χ0v) is 11.6. The van der Waals surface area contributed by atoms with Crippen LogP contribution in [0, 0.1) is 0 Å². The van der Waals surface area contributed by atoms with Crippen LogP contribution >= 0.6 is 11.3 Å². The van der Waals surface area contributed by atoms with Crippen LogP contribution in [0.25, 0.3) is 0 Å². The van der Waals surface area contributed by atoms with Crippen LogP contribution in [0.1, 0.15) is 56.0 Å². The van der Waals surface area contributed by atoms with Crippen LogP contribution in [0.4, 0.5) is 5.13 Å². The molecule has 0 aromatic carbocycles. The van der Waals surface area contributed by atoms with Gasteiger partial charge in [-0.05, 0) is 25.7 Å². The van der Waals surface area contributed by atoms with Crippen molar-refractivity contribution in [2.45, 2.75) is 52.1 Å². The Hall–Kier alpha value is -0.610. The van der Waals surface area contributed by atoms with E-state index in [0.29, 0.717) is 5.92 Å². The SMILES string of the molecule is CCCN(CCC)c1nc(C2CC2)c(CO)s1. The molecule has 3 nitrogen and oxygen atoms in total. The maximum Gasteiger partial charge on any atom is 0.185 e. The number of hydrogen-bond donors (Lipinski definition) is 1. The van der Waals surface area contributed by atoms with Gasteiger partial charge in [-0.15, -0.1) is 0 Å². The second-order valence-electron chi connectivity index (χ2n) is 4.72. The van der Waals surface area contributed by atoms with Crippen molar-refractivity contribution >= 4 is 16.5 Å². The normalized spacial score (nSPS) is 15.2. The van der Waals surface area contributed by atoms with Crippen LogP contribution in [-0.4, -0.2) is 23.2 Å². The van der Waals surface area contributed by atoms with Crippen molar-refractivity contribution in [1.29, 1.82) is 0 Å². The van der Waals surface area contributed by atoms with Crippen LogP contribution < -0.4 is 4.90 Å². The average Bonchev–Trinajstić information content (AvgIpc) is 3.08. The Morgan fingerprint density at radius 2 is 1.94 bits per heavy atom. The molecule has 96 valence electrons. The monoisotopic (exact) mass is 254 g/mol. The van der Waals surface area contributed by atoms with E-state index in [4.69, 9.17) is 4.98 Å². The molecular formula is C13H22N2OS. The molecule has 17 heavy (non-hydrogen) atoms. The molecule has 1 aliphatic rings. The summed E-state index contributed by atoms with van der Waals surface area (Å²) < 4.78 is 0. The van der Waals surface area contributed by atoms with Gasteiger partial charge in [0.2, 0.25) is 0 Å². The predicted octanol–water partition coefficient (Wildman–Crippen LogP) is 3.14. The van der Waals surface area contributed by atoms with Gasteiger partial charge in [-0.25, -0.2) is 4.98 Å². The van der Waals surface area contributed by atoms with Crippen LogP contribution in [0.3, 0.4) is 0 Å². The van der Waals surface area contributed by atoms with Gasteiger partial charge in [0.25, 0.3) is 0 Å². The van der Waals surface area contributed by atoms with Gasteiger partial charge in [-0.3, -0.25) is 0 Å². The molecule has 4 heteroatoms. The molecule has 1 fully saturated rings. The lowest BCUT2D eigenvalue weighted by Crippen LogP contribution is -2.24. The molecule has 0 aliphatic heterocycles. The average molecular weight is 254 g/mol. The fourth-order valence-corrected chi connectivity index (χ4v) is 3.18. The van der Waals surface area contributed by atoms with Crippen molar-refractivity contribution in [2.75, 3.05) is 18.0 Å². The van der Waals surface area contributed by atoms with E-state index in [1.807, 2.05) is 0 Å². The molecule has 0 radical (unpaired) electrons. The Morgan fingerprint density at radius 3 is 2.41 bits per heavy atom. The third-order valence-corrected chi connectivity index (χ3v) is 4.20. The van der Waals surface area contributed by atoms with E-state index in [1.165, 1.54) is 18.5 Å². The molecule has 0 bridgehead atoms. The summed E-state index contributed by atoms with van der Waals surface area (Å²) in [4.78, 5) is 8.20. The molecule has 0 amide bonds. The zero-order chi connectivity index (χ0) is 12.3. The van der Waals surface area contributed by atoms with Crippen LogP contribution in [-0.2, 0) is 6.61 Å². The first-order valence-corrected chi connectivity index (χ1v) is 7.47. The molecule has 1 aromatic heterocycles. The number of aliphatic hydroxyl groups excluding tert-OH is 1. The Kier molecular flexibility index (Phi) is 4.40. The summed E-state index contributed by atoms with van der Waals surface area (Å²) in [6.45, 7) is 6.68. The van der Waals surface area contributed by atoms with Crippen LogP contribution in [0.2, 0.25) is 0 Å². The van der Waals surface area contributed by atoms with Gasteiger partial charge < -0.3 is 10.0 Å². The van der Waals surface area contributed by atoms with E-state index in [0.717, 1.165) is 35.9 Å². The molecule has 1 aliphatic carbocycles. The first-order valence-electron chi connectivity index (χ1n) is 6.65. The topological polar surface area (TPSA) is 36.4 Å². The molecular weight excluding hydrogens is 232 g/mol. The van der Waals surface area contributed by atoms with Crippen molar-refractivity contribution in [2.24, 2.45) is 0 Å². The molecule has 0 unspecified atom stereocenters. The second kappa shape index (κ2) is 5.83. The van der Waals surface area contributed by atoms with E-state index in [1.54, 1.807) is 11.3 Å². The summed E-state index contributed by atoms with van der Waals surface area (Å²) in [5.41, 5.74) is 1.17. The molecule has 1 heterocycles. The van der Waals surface area contributed by atoms with Crippen molar-refractivity contribution in [3.63, 3.8) is 0 Å². The van der Waals surface area contributed by atoms with E-state index in [2.05, 4.69) is 18.7 Å². The van der Waals surface area contributed by atoms with Crippen molar-refractivity contribution < 1.29 is 5.11 Å². The molecule has 2 rings (SSSR count). The highest BCUT2D eigenvalue weighted by molar-refractivity contribution is 7.15. The van der Waals surface area contributed by atoms with E-state index >= 15 is 0 Å². The van der Waals surface area contributed by atoms with Gasteiger partial charge in [0, 0.05) is 19.0 Å². The summed E-state index contributed by atoms with van der Waals surface area (Å²) in [5.74, 6) is 0.632. The smallest absolute Gasteiger partial charge is 0.185 e. The highest BCUT2D eigenvalue weighted by Gasteiger charge is 2.30. The highest BCUT2D eigenvalue weighted by atomic mass is 32.1. The summed E-state index contributed by atoms with van der Waals surface area (Å²) in [7, 11) is 0. The lowest BCUT2D eigenvalue weighted by molar-refractivity contribution is 0.284. The quantitative estimate of drug-likeness (QED) is 0.812. The minimum atomic E-state index is 0.148. The summed E-state index contributed by atoms with van der Waals surface area (Å²) in [6.07, 6.45) is 4.79. The number of aromatic nitrogens is 1. The minimum absolute atomic E-state index is 0.148. The van der Waals surface area contributed by atoms with Gasteiger partial charge in [0.05, 0.1) is 17.2 Å². The zero-order valence-electron chi connectivity index (χ0n) is 10.8. The van der Waals surface area contributed by atoms with Crippen LogP contribution in [0.5, 0.6) is 0 Å². The van der Waals surface area contributed by atoms with Gasteiger partial charge in [-0.1, -0.05) is 25.2 Å². The Bertz CT molecular complexity index is 354. The molecule has 1 aromatic rings. The van der Waals surface area contributed by atoms with E-state index in [9.17, 15) is 5.11 Å². The Morgan fingerprint density at radius 1 is 1.29 bits per heavy atom. The summed E-state index contributed by atoms with van der Waals surface area (Å²) in [6, 6.07) is 0. The molecule has 0 atom stereocenters. The maximum absolute atomic E-state index is 9.40. The van der Waals surface area contributed by atoms with Gasteiger partial charge in [-0.2, -0.15) is 0 Å². The number of hydrogen-bond acceptors (Lipinski definition) is 4. The van der Waals surface area contributed by atoms with Gasteiger partial charge >= 0.3 is 0 Å². The lowest BCUT2D eigenvalue weighted by Gasteiger charge is -2.19. The Labute approximate surface area is 107 Å². The molecule has 0 saturated heterocycles. The highest BCUT2D eigenvalue weighted by Crippen LogP contribution is 2.44. The number of rotatable bonds is 7. The van der Waals surface area contributed by atoms with Crippen molar-refractivity contribution in [3.05, 3.63) is 10.6 Å². The lowest BCUT2D eigenvalue weighted by atomic mass is 10.2. The minimum Gasteiger partial charge on any atom is -0.391 e. The van der Waals surface area contributed by atoms with Gasteiger partial charge in [0.1, 0.15) is 0 Å². The van der Waals surface area contributed by atoms with Gasteiger partial charge in [0.15, 0.2) is 5.13 Å². The molecule has 1 N–H and O–H groups in total. The molecule has 1 saturated carbocycles. The molecule has 0 spiro atoms. The third-order valence-electron chi connectivity index (χ3n) is 3.08. The summed E-state index contributed by atoms with van der Waals surface area (Å²) in [5, 5.41) is 10.5. The standard InChI is InChI=1S/C13H22N2OS/c1-3-7-15(8-4-2)13-14-12(10-5-6-10)11(9-16)17-13/h10,16H,3-9H2,1-2H3. The summed E-state index contributed by atoms with van der Waals surface area (Å²) >= 11 is 1.68. The van der Waals surface area contributed by atoms with E-state index < -0.39 is 0 Å². The fourth-order valence-electron chi connectivity index (χ4n) is 2.12. The van der Waals surface area contributed by atoms with Crippen molar-refractivity contribution in [1.82, 2.24) is 4.98 Å². The number of anilines is 1. The third kappa shape index (κ3) is 2.99. The van der Waals surface area contributed by atoms with Crippen molar-refractivity contribution in [3.8, 4) is 0 Å². The predicted molar refractivity (Wildman–Crippen MR) is 72.8 cm³/mol. The Balaban J connectivity index is 2.17. The largest absolute Gasteiger partial charge is 0.391 e. The van der Waals surface area contributed by atoms with Crippen LogP contribution in [0.15, 0.2) is 0 Å². The maximum atomic E-state index is 9.40. The number of aliphatic hydroxyl groups is 1. The number of thiazole rings is 1. The second-order valence-corrected chi connectivity index (χ2v) is 5.79. The number of nitrogens with zero attached hydrogens (tertiary/aromatic N) is 2.